The Morgan fingerprint density at radius 3 is 1.35 bits per heavy atom. The first-order chi connectivity index (χ1) is 9.31. The Hall–Kier alpha value is 0.250. The highest BCUT2D eigenvalue weighted by atomic mass is 35.5. The Morgan fingerprint density at radius 1 is 0.550 bits per heavy atom. The van der Waals surface area contributed by atoms with Crippen LogP contribution in [0.25, 0.3) is 0 Å². The molecule has 0 bridgehead atoms. The van der Waals surface area contributed by atoms with Gasteiger partial charge in [-0.05, 0) is 19.3 Å². The van der Waals surface area contributed by atoms with Gasteiger partial charge in [0.05, 0.1) is 6.04 Å². The molecule has 3 N–H and O–H groups in total. The minimum absolute atomic E-state index is 0. The molecule has 0 radical (unpaired) electrons. The van der Waals surface area contributed by atoms with Crippen LogP contribution in [0.1, 0.15) is 110 Å². The predicted molar refractivity (Wildman–Crippen MR) is 87.3 cm³/mol. The summed E-state index contributed by atoms with van der Waals surface area (Å²) in [6.07, 6.45) is 21.3. The summed E-state index contributed by atoms with van der Waals surface area (Å²) >= 11 is 0. The lowest BCUT2D eigenvalue weighted by molar-refractivity contribution is -0.422. The average Bonchev–Trinajstić information content (AvgIpc) is 2.40. The molecule has 0 spiro atoms. The fourth-order valence-corrected chi connectivity index (χ4v) is 2.83. The van der Waals surface area contributed by atoms with Gasteiger partial charge in [0.2, 0.25) is 0 Å². The van der Waals surface area contributed by atoms with E-state index >= 15 is 0 Å². The molecule has 0 fully saturated rings. The Labute approximate surface area is 134 Å². The summed E-state index contributed by atoms with van der Waals surface area (Å²) in [6.45, 7) is 4.56. The molecule has 0 aliphatic carbocycles. The molecule has 1 unspecified atom stereocenters. The molecule has 0 rings (SSSR count). The number of rotatable bonds is 15. The summed E-state index contributed by atoms with van der Waals surface area (Å²) in [4.78, 5) is 0. The lowest BCUT2D eigenvalue weighted by Gasteiger charge is -2.06. The fraction of sp³-hybridized carbons (Fsp3) is 1.00. The van der Waals surface area contributed by atoms with Gasteiger partial charge in [-0.15, -0.1) is 0 Å². The third kappa shape index (κ3) is 18.2. The van der Waals surface area contributed by atoms with Crippen molar-refractivity contribution in [2.75, 3.05) is 0 Å². The Morgan fingerprint density at radius 2 is 0.950 bits per heavy atom. The van der Waals surface area contributed by atoms with Gasteiger partial charge in [-0.25, -0.2) is 0 Å². The quantitative estimate of drug-likeness (QED) is 0.450. The first kappa shape index (κ1) is 22.5. The molecule has 1 nitrogen and oxygen atoms in total. The average molecular weight is 306 g/mol. The van der Waals surface area contributed by atoms with Crippen molar-refractivity contribution in [2.45, 2.75) is 116 Å². The third-order valence-electron chi connectivity index (χ3n) is 4.16. The van der Waals surface area contributed by atoms with E-state index < -0.39 is 0 Å². The van der Waals surface area contributed by atoms with Crippen LogP contribution in [-0.2, 0) is 0 Å². The smallest absolute Gasteiger partial charge is 0.0843 e. The second-order valence-corrected chi connectivity index (χ2v) is 6.33. The largest absolute Gasteiger partial charge is 1.00 e. The van der Waals surface area contributed by atoms with Gasteiger partial charge >= 0.3 is 0 Å². The number of hydrogen-bond donors (Lipinski definition) is 1. The van der Waals surface area contributed by atoms with Crippen LogP contribution in [0, 0.1) is 0 Å². The minimum atomic E-state index is 0. The first-order valence-corrected chi connectivity index (χ1v) is 9.14. The zero-order valence-electron chi connectivity index (χ0n) is 14.3. The van der Waals surface area contributed by atoms with Crippen molar-refractivity contribution in [2.24, 2.45) is 0 Å². The standard InChI is InChI=1S/C18H39N.ClH/c1-3-5-6-7-8-9-10-11-12-13-14-15-17-18(19)16-4-2;/h18H,3-17,19H2,1-2H3;1H. The predicted octanol–water partition coefficient (Wildman–Crippen LogP) is 2.49. The number of halogens is 1. The van der Waals surface area contributed by atoms with Gasteiger partial charge in [0.25, 0.3) is 0 Å². The van der Waals surface area contributed by atoms with E-state index in [1.165, 1.54) is 96.3 Å². The van der Waals surface area contributed by atoms with Gasteiger partial charge in [0.15, 0.2) is 0 Å². The molecule has 2 heteroatoms. The summed E-state index contributed by atoms with van der Waals surface area (Å²) in [5, 5.41) is 0. The summed E-state index contributed by atoms with van der Waals surface area (Å²) in [6, 6.07) is 0.716. The summed E-state index contributed by atoms with van der Waals surface area (Å²) in [7, 11) is 0. The molecule has 1 atom stereocenters. The molecular formula is C18H40ClN. The third-order valence-corrected chi connectivity index (χ3v) is 4.16. The van der Waals surface area contributed by atoms with E-state index in [2.05, 4.69) is 19.6 Å². The Balaban J connectivity index is 0. The van der Waals surface area contributed by atoms with Crippen LogP contribution >= 0.6 is 0 Å². The van der Waals surface area contributed by atoms with Crippen molar-refractivity contribution in [3.63, 3.8) is 0 Å². The maximum Gasteiger partial charge on any atom is 0.0843 e. The summed E-state index contributed by atoms with van der Waals surface area (Å²) in [5.74, 6) is 0. The normalized spacial score (nSPS) is 12.2. The van der Waals surface area contributed by atoms with Crippen molar-refractivity contribution in [1.82, 2.24) is 0 Å². The molecule has 20 heavy (non-hydrogen) atoms. The second-order valence-electron chi connectivity index (χ2n) is 6.33. The van der Waals surface area contributed by atoms with Crippen LogP contribution in [0.5, 0.6) is 0 Å². The SMILES string of the molecule is CCCCCCCCCCCCCCC([NH3+])CCC.[Cl-]. The van der Waals surface area contributed by atoms with E-state index in [1.54, 1.807) is 0 Å². The monoisotopic (exact) mass is 305 g/mol. The zero-order valence-corrected chi connectivity index (χ0v) is 15.0. The molecule has 0 heterocycles. The van der Waals surface area contributed by atoms with E-state index in [0.29, 0.717) is 6.04 Å². The minimum Gasteiger partial charge on any atom is -1.00 e. The molecule has 0 amide bonds. The van der Waals surface area contributed by atoms with E-state index in [9.17, 15) is 0 Å². The van der Waals surface area contributed by atoms with Crippen LogP contribution in [0.2, 0.25) is 0 Å². The molecule has 0 saturated carbocycles. The van der Waals surface area contributed by atoms with Crippen molar-refractivity contribution in [1.29, 1.82) is 0 Å². The van der Waals surface area contributed by atoms with Crippen LogP contribution < -0.4 is 18.1 Å². The van der Waals surface area contributed by atoms with Crippen molar-refractivity contribution in [3.05, 3.63) is 0 Å². The molecule has 0 aliphatic heterocycles. The van der Waals surface area contributed by atoms with E-state index in [0.717, 1.165) is 0 Å². The Kier molecular flexibility index (Phi) is 21.7. The van der Waals surface area contributed by atoms with Gasteiger partial charge in [0, 0.05) is 0 Å². The highest BCUT2D eigenvalue weighted by Gasteiger charge is 2.03. The van der Waals surface area contributed by atoms with E-state index in [-0.39, 0.29) is 12.4 Å². The molecular weight excluding hydrogens is 266 g/mol. The summed E-state index contributed by atoms with van der Waals surface area (Å²) in [5.41, 5.74) is 4.22. The van der Waals surface area contributed by atoms with Crippen molar-refractivity contribution < 1.29 is 18.1 Å². The van der Waals surface area contributed by atoms with Crippen molar-refractivity contribution >= 4 is 0 Å². The number of hydrogen-bond acceptors (Lipinski definition) is 0. The zero-order chi connectivity index (χ0) is 14.2. The highest BCUT2D eigenvalue weighted by Crippen LogP contribution is 2.13. The second kappa shape index (κ2) is 19.2. The first-order valence-electron chi connectivity index (χ1n) is 9.14. The molecule has 0 saturated heterocycles. The van der Waals surface area contributed by atoms with Crippen LogP contribution in [0.4, 0.5) is 0 Å². The lowest BCUT2D eigenvalue weighted by Crippen LogP contribution is -3.00. The number of quaternary nitrogens is 1. The van der Waals surface area contributed by atoms with Crippen LogP contribution in [0.3, 0.4) is 0 Å². The fourth-order valence-electron chi connectivity index (χ4n) is 2.83. The van der Waals surface area contributed by atoms with Gasteiger partial charge in [0.1, 0.15) is 0 Å². The van der Waals surface area contributed by atoms with Crippen molar-refractivity contribution in [3.8, 4) is 0 Å². The molecule has 0 aromatic rings. The summed E-state index contributed by atoms with van der Waals surface area (Å²) < 4.78 is 0. The topological polar surface area (TPSA) is 27.6 Å². The molecule has 124 valence electrons. The van der Waals surface area contributed by atoms with E-state index in [1.807, 2.05) is 0 Å². The highest BCUT2D eigenvalue weighted by molar-refractivity contribution is 4.54. The maximum atomic E-state index is 4.22. The molecule has 0 aromatic carbocycles. The van der Waals surface area contributed by atoms with Gasteiger partial charge in [-0.3, -0.25) is 0 Å². The lowest BCUT2D eigenvalue weighted by atomic mass is 10.0. The van der Waals surface area contributed by atoms with Crippen LogP contribution in [0.15, 0.2) is 0 Å². The molecule has 0 aliphatic rings. The Bertz CT molecular complexity index is 161. The van der Waals surface area contributed by atoms with Gasteiger partial charge in [-0.2, -0.15) is 0 Å². The van der Waals surface area contributed by atoms with Gasteiger partial charge < -0.3 is 18.1 Å². The van der Waals surface area contributed by atoms with Gasteiger partial charge in [-0.1, -0.05) is 90.9 Å². The maximum absolute atomic E-state index is 4.22. The van der Waals surface area contributed by atoms with E-state index in [4.69, 9.17) is 0 Å². The van der Waals surface area contributed by atoms with Crippen LogP contribution in [-0.4, -0.2) is 6.04 Å². The number of unbranched alkanes of at least 4 members (excludes halogenated alkanes) is 11. The molecule has 0 aromatic heterocycles.